The van der Waals surface area contributed by atoms with Gasteiger partial charge in [0.1, 0.15) is 0 Å². The highest BCUT2D eigenvalue weighted by Gasteiger charge is 2.55. The van der Waals surface area contributed by atoms with Gasteiger partial charge in [0, 0.05) is 17.0 Å². The molecule has 2 N–H and O–H groups in total. The van der Waals surface area contributed by atoms with Crippen LogP contribution >= 0.6 is 0 Å². The van der Waals surface area contributed by atoms with Crippen molar-refractivity contribution in [3.05, 3.63) is 34.9 Å². The summed E-state index contributed by atoms with van der Waals surface area (Å²) in [5, 5.41) is 17.7. The molecular formula is C12H6F2O4. The first-order valence-corrected chi connectivity index (χ1v) is 4.84. The van der Waals surface area contributed by atoms with Gasteiger partial charge in [0.2, 0.25) is 5.78 Å². The maximum absolute atomic E-state index is 13.3. The van der Waals surface area contributed by atoms with Gasteiger partial charge in [-0.05, 0) is 11.6 Å². The fourth-order valence-corrected chi connectivity index (χ4v) is 1.76. The summed E-state index contributed by atoms with van der Waals surface area (Å²) in [4.78, 5) is 21.8. The number of halogens is 2. The van der Waals surface area contributed by atoms with E-state index in [1.165, 1.54) is 18.2 Å². The third-order valence-electron chi connectivity index (χ3n) is 2.57. The molecule has 1 atom stereocenters. The minimum Gasteiger partial charge on any atom is -0.472 e. The average Bonchev–Trinajstić information content (AvgIpc) is 2.49. The molecule has 6 heteroatoms. The molecular weight excluding hydrogens is 246 g/mol. The number of hydrogen-bond acceptors (Lipinski definition) is 3. The lowest BCUT2D eigenvalue weighted by molar-refractivity contribution is -0.130. The minimum absolute atomic E-state index is 0.129. The highest BCUT2D eigenvalue weighted by atomic mass is 19.3. The van der Waals surface area contributed by atoms with E-state index in [2.05, 4.69) is 5.92 Å². The maximum Gasteiger partial charge on any atom is 0.382 e. The van der Waals surface area contributed by atoms with Crippen molar-refractivity contribution < 1.29 is 28.6 Å². The first kappa shape index (κ1) is 12.2. The third kappa shape index (κ3) is 1.65. The zero-order valence-electron chi connectivity index (χ0n) is 8.78. The van der Waals surface area contributed by atoms with Gasteiger partial charge in [0.15, 0.2) is 6.10 Å². The molecule has 1 aliphatic rings. The lowest BCUT2D eigenvalue weighted by atomic mass is 10.0. The molecule has 1 aromatic rings. The molecule has 18 heavy (non-hydrogen) atoms. The normalized spacial score (nSPS) is 19.9. The summed E-state index contributed by atoms with van der Waals surface area (Å²) >= 11 is 0. The molecule has 0 aromatic heterocycles. The molecule has 4 nitrogen and oxygen atoms in total. The summed E-state index contributed by atoms with van der Waals surface area (Å²) in [6.45, 7) is 0. The standard InChI is InChI=1S/C12H6F2O4/c13-12(14)10(17)7-3-1-2-6(4-5-8(15)16)9(7)11(12)18/h1-3,10,17H,(H,15,16). The number of fused-ring (bicyclic) bond motifs is 1. The number of alkyl halides is 2. The summed E-state index contributed by atoms with van der Waals surface area (Å²) in [6.07, 6.45) is -2.22. The van der Waals surface area contributed by atoms with Crippen molar-refractivity contribution in [2.75, 3.05) is 0 Å². The van der Waals surface area contributed by atoms with Gasteiger partial charge in [-0.15, -0.1) is 0 Å². The molecule has 0 saturated heterocycles. The summed E-state index contributed by atoms with van der Waals surface area (Å²) in [5.74, 6) is -3.02. The van der Waals surface area contributed by atoms with Crippen molar-refractivity contribution in [3.8, 4) is 11.8 Å². The monoisotopic (exact) mass is 252 g/mol. The SMILES string of the molecule is O=C(O)C#Cc1cccc2c1C(=O)C(F)(F)C2O. The Balaban J connectivity index is 2.63. The van der Waals surface area contributed by atoms with Crippen molar-refractivity contribution in [2.24, 2.45) is 0 Å². The van der Waals surface area contributed by atoms with Gasteiger partial charge in [-0.1, -0.05) is 18.1 Å². The molecule has 1 aliphatic carbocycles. The second kappa shape index (κ2) is 3.89. The van der Waals surface area contributed by atoms with E-state index in [0.717, 1.165) is 0 Å². The van der Waals surface area contributed by atoms with E-state index in [1.54, 1.807) is 5.92 Å². The van der Waals surface area contributed by atoms with Crippen LogP contribution in [-0.4, -0.2) is 27.9 Å². The quantitative estimate of drug-likeness (QED) is 0.675. The number of ketones is 1. The lowest BCUT2D eigenvalue weighted by Crippen LogP contribution is -2.28. The molecule has 0 saturated carbocycles. The molecule has 0 spiro atoms. The minimum atomic E-state index is -3.90. The van der Waals surface area contributed by atoms with E-state index < -0.39 is 29.3 Å². The molecule has 92 valence electrons. The Morgan fingerprint density at radius 2 is 2.06 bits per heavy atom. The number of Topliss-reactive ketones (excluding diaryl/α,β-unsaturated/α-hetero) is 1. The predicted molar refractivity (Wildman–Crippen MR) is 55.2 cm³/mol. The first-order chi connectivity index (χ1) is 8.35. The van der Waals surface area contributed by atoms with Gasteiger partial charge in [-0.25, -0.2) is 4.79 Å². The highest BCUT2D eigenvalue weighted by molar-refractivity contribution is 6.08. The van der Waals surface area contributed by atoms with E-state index in [0.29, 0.717) is 0 Å². The highest BCUT2D eigenvalue weighted by Crippen LogP contribution is 2.43. The van der Waals surface area contributed by atoms with Crippen LogP contribution in [0.1, 0.15) is 27.6 Å². The molecule has 1 unspecified atom stereocenters. The Morgan fingerprint density at radius 1 is 1.39 bits per heavy atom. The number of hydrogen-bond donors (Lipinski definition) is 2. The summed E-state index contributed by atoms with van der Waals surface area (Å²) in [5.41, 5.74) is -0.776. The Bertz CT molecular complexity index is 610. The molecule has 0 radical (unpaired) electrons. The molecule has 1 aromatic carbocycles. The first-order valence-electron chi connectivity index (χ1n) is 4.84. The maximum atomic E-state index is 13.3. The molecule has 0 fully saturated rings. The number of carboxylic acids is 1. The van der Waals surface area contributed by atoms with E-state index in [9.17, 15) is 23.5 Å². The number of aliphatic hydroxyl groups excluding tert-OH is 1. The van der Waals surface area contributed by atoms with E-state index >= 15 is 0 Å². The summed E-state index contributed by atoms with van der Waals surface area (Å²) < 4.78 is 26.7. The fraction of sp³-hybridized carbons (Fsp3) is 0.167. The Labute approximate surface area is 99.9 Å². The van der Waals surface area contributed by atoms with E-state index in [4.69, 9.17) is 5.11 Å². The van der Waals surface area contributed by atoms with Gasteiger partial charge in [-0.3, -0.25) is 4.79 Å². The second-order valence-electron chi connectivity index (χ2n) is 3.68. The zero-order chi connectivity index (χ0) is 13.5. The third-order valence-corrected chi connectivity index (χ3v) is 2.57. The predicted octanol–water partition coefficient (Wildman–Crippen LogP) is 0.988. The number of carbonyl (C=O) groups is 2. The number of carbonyl (C=O) groups excluding carboxylic acids is 1. The fourth-order valence-electron chi connectivity index (χ4n) is 1.76. The Morgan fingerprint density at radius 3 is 2.67 bits per heavy atom. The van der Waals surface area contributed by atoms with Crippen LogP contribution in [0.4, 0.5) is 8.78 Å². The summed E-state index contributed by atoms with van der Waals surface area (Å²) in [6, 6.07) is 3.76. The molecule has 0 aliphatic heterocycles. The molecule has 0 heterocycles. The van der Waals surface area contributed by atoms with Crippen molar-refractivity contribution in [3.63, 3.8) is 0 Å². The second-order valence-corrected chi connectivity index (χ2v) is 3.68. The van der Waals surface area contributed by atoms with Crippen LogP contribution in [0.25, 0.3) is 0 Å². The van der Waals surface area contributed by atoms with Gasteiger partial charge in [0.05, 0.1) is 0 Å². The van der Waals surface area contributed by atoms with Crippen molar-refractivity contribution in [1.82, 2.24) is 0 Å². The molecule has 2 rings (SSSR count). The van der Waals surface area contributed by atoms with Gasteiger partial charge in [0.25, 0.3) is 0 Å². The Hall–Kier alpha value is -2.26. The topological polar surface area (TPSA) is 74.6 Å². The van der Waals surface area contributed by atoms with Crippen LogP contribution in [0.3, 0.4) is 0 Å². The van der Waals surface area contributed by atoms with Gasteiger partial charge in [-0.2, -0.15) is 8.78 Å². The smallest absolute Gasteiger partial charge is 0.382 e. The van der Waals surface area contributed by atoms with Gasteiger partial charge >= 0.3 is 11.9 Å². The van der Waals surface area contributed by atoms with Gasteiger partial charge < -0.3 is 10.2 Å². The van der Waals surface area contributed by atoms with E-state index in [-0.39, 0.29) is 11.1 Å². The number of aliphatic carboxylic acids is 1. The molecule has 0 amide bonds. The average molecular weight is 252 g/mol. The molecule has 0 bridgehead atoms. The van der Waals surface area contributed by atoms with Crippen molar-refractivity contribution in [1.29, 1.82) is 0 Å². The van der Waals surface area contributed by atoms with Crippen LogP contribution in [-0.2, 0) is 4.79 Å². The van der Waals surface area contributed by atoms with Crippen LogP contribution in [0.15, 0.2) is 18.2 Å². The van der Waals surface area contributed by atoms with Crippen LogP contribution < -0.4 is 0 Å². The number of benzene rings is 1. The van der Waals surface area contributed by atoms with Crippen LogP contribution in [0.5, 0.6) is 0 Å². The lowest BCUT2D eigenvalue weighted by Gasteiger charge is -2.11. The summed E-state index contributed by atoms with van der Waals surface area (Å²) in [7, 11) is 0. The Kier molecular flexibility index (Phi) is 2.64. The largest absolute Gasteiger partial charge is 0.472 e. The van der Waals surface area contributed by atoms with Crippen molar-refractivity contribution in [2.45, 2.75) is 12.0 Å². The number of carboxylic acid groups (broad SMARTS) is 1. The van der Waals surface area contributed by atoms with Crippen LogP contribution in [0, 0.1) is 11.8 Å². The zero-order valence-corrected chi connectivity index (χ0v) is 8.78. The number of aliphatic hydroxyl groups is 1. The number of rotatable bonds is 0. The van der Waals surface area contributed by atoms with Crippen LogP contribution in [0.2, 0.25) is 0 Å². The van der Waals surface area contributed by atoms with Crippen molar-refractivity contribution >= 4 is 11.8 Å². The van der Waals surface area contributed by atoms with E-state index in [1.807, 2.05) is 0 Å².